The van der Waals surface area contributed by atoms with E-state index in [0.29, 0.717) is 0 Å². The first kappa shape index (κ1) is 11.6. The minimum Gasteiger partial charge on any atom is -0.481 e. The predicted molar refractivity (Wildman–Crippen MR) is 44.5 cm³/mol. The third-order valence-corrected chi connectivity index (χ3v) is 1.24. The van der Waals surface area contributed by atoms with Crippen LogP contribution in [-0.4, -0.2) is 35.4 Å². The minimum atomic E-state index is -1.27. The average Bonchev–Trinajstić information content (AvgIpc) is 1.80. The molecule has 0 atom stereocenters. The van der Waals surface area contributed by atoms with Gasteiger partial charge in [0.2, 0.25) is 0 Å². The van der Waals surface area contributed by atoms with E-state index in [1.54, 1.807) is 0 Å². The molecule has 2 N–H and O–H groups in total. The highest BCUT2D eigenvalue weighted by Gasteiger charge is 2.07. The summed E-state index contributed by atoms with van der Waals surface area (Å²) in [5.41, 5.74) is -0.303. The molecule has 5 heteroatoms. The van der Waals surface area contributed by atoms with Crippen molar-refractivity contribution >= 4 is 11.9 Å². The predicted octanol–water partition coefficient (Wildman–Crippen LogP) is 0.509. The van der Waals surface area contributed by atoms with Crippen LogP contribution in [0.4, 0.5) is 0 Å². The van der Waals surface area contributed by atoms with Crippen LogP contribution in [0.5, 0.6) is 0 Å². The molecule has 0 amide bonds. The highest BCUT2D eigenvalue weighted by Crippen LogP contribution is 1.95. The molecule has 0 aromatic heterocycles. The van der Waals surface area contributed by atoms with E-state index in [9.17, 15) is 9.59 Å². The summed E-state index contributed by atoms with van der Waals surface area (Å²) in [7, 11) is 0. The number of hydrogen-bond acceptors (Lipinski definition) is 3. The van der Waals surface area contributed by atoms with Gasteiger partial charge in [0.25, 0.3) is 0 Å². The Balaban J connectivity index is 0.000000293. The zero-order valence-electron chi connectivity index (χ0n) is 7.15. The van der Waals surface area contributed by atoms with Gasteiger partial charge in [0.15, 0.2) is 0 Å². The summed E-state index contributed by atoms with van der Waals surface area (Å²) in [6.07, 6.45) is 0.773. The fourth-order valence-electron chi connectivity index (χ4n) is 0.402. The van der Waals surface area contributed by atoms with E-state index in [1.165, 1.54) is 6.42 Å². The lowest BCUT2D eigenvalue weighted by atomic mass is 10.2. The third-order valence-electron chi connectivity index (χ3n) is 1.24. The number of hydrogen-bond donors (Lipinski definition) is 2. The van der Waals surface area contributed by atoms with Gasteiger partial charge in [-0.25, -0.2) is 4.79 Å². The molecule has 1 aliphatic rings. The zero-order chi connectivity index (χ0) is 10.3. The summed E-state index contributed by atoms with van der Waals surface area (Å²) in [4.78, 5) is 19.7. The van der Waals surface area contributed by atoms with E-state index < -0.39 is 18.4 Å². The molecule has 0 unspecified atom stereocenters. The van der Waals surface area contributed by atoms with Crippen molar-refractivity contribution in [2.45, 2.75) is 12.8 Å². The Labute approximate surface area is 75.6 Å². The molecular weight excluding hydrogens is 176 g/mol. The monoisotopic (exact) mass is 188 g/mol. The van der Waals surface area contributed by atoms with Gasteiger partial charge >= 0.3 is 11.9 Å². The summed E-state index contributed by atoms with van der Waals surface area (Å²) in [6.45, 7) is 5.01. The maximum atomic E-state index is 9.87. The van der Waals surface area contributed by atoms with Crippen molar-refractivity contribution < 1.29 is 24.5 Å². The van der Waals surface area contributed by atoms with Gasteiger partial charge in [-0.05, 0) is 6.42 Å². The number of ether oxygens (including phenoxy) is 1. The number of carboxylic acids is 2. The average molecular weight is 188 g/mol. The Kier molecular flexibility index (Phi) is 5.54. The molecular formula is C8H12O5. The van der Waals surface area contributed by atoms with E-state index in [1.807, 2.05) is 0 Å². The van der Waals surface area contributed by atoms with Gasteiger partial charge in [0.05, 0.1) is 6.42 Å². The highest BCUT2D eigenvalue weighted by molar-refractivity contribution is 5.91. The van der Waals surface area contributed by atoms with Crippen molar-refractivity contribution in [3.63, 3.8) is 0 Å². The van der Waals surface area contributed by atoms with Crippen LogP contribution in [0.15, 0.2) is 12.2 Å². The molecule has 74 valence electrons. The Bertz CT molecular complexity index is 201. The van der Waals surface area contributed by atoms with Gasteiger partial charge in [-0.2, -0.15) is 0 Å². The van der Waals surface area contributed by atoms with E-state index in [4.69, 9.17) is 14.9 Å². The molecule has 1 heterocycles. The molecule has 0 bridgehead atoms. The maximum absolute atomic E-state index is 9.87. The topological polar surface area (TPSA) is 83.8 Å². The number of carbonyl (C=O) groups is 2. The van der Waals surface area contributed by atoms with Crippen LogP contribution in [0, 0.1) is 0 Å². The molecule has 0 aromatic carbocycles. The third kappa shape index (κ3) is 7.02. The van der Waals surface area contributed by atoms with Crippen molar-refractivity contribution in [2.75, 3.05) is 13.2 Å². The van der Waals surface area contributed by atoms with Crippen molar-refractivity contribution in [3.05, 3.63) is 12.2 Å². The van der Waals surface area contributed by atoms with Gasteiger partial charge in [-0.3, -0.25) is 4.79 Å². The Morgan fingerprint density at radius 1 is 1.31 bits per heavy atom. The second-order valence-electron chi connectivity index (χ2n) is 2.45. The molecule has 1 fully saturated rings. The standard InChI is InChI=1S/C5H6O4.C3H6O/c1-3(5(8)9)2-4(6)7;1-2-4-3-1/h1-2H2,(H,6,7)(H,8,9);1-3H2. The number of carboxylic acid groups (broad SMARTS) is 2. The van der Waals surface area contributed by atoms with Crippen LogP contribution in [-0.2, 0) is 14.3 Å². The number of rotatable bonds is 3. The normalized spacial score (nSPS) is 13.2. The fraction of sp³-hybridized carbons (Fsp3) is 0.500. The second-order valence-corrected chi connectivity index (χ2v) is 2.45. The summed E-state index contributed by atoms with van der Waals surface area (Å²) in [5.74, 6) is -2.44. The molecule has 1 rings (SSSR count). The lowest BCUT2D eigenvalue weighted by molar-refractivity contribution is -0.139. The van der Waals surface area contributed by atoms with Crippen LogP contribution in [0.25, 0.3) is 0 Å². The summed E-state index contributed by atoms with van der Waals surface area (Å²) < 4.78 is 4.72. The van der Waals surface area contributed by atoms with Crippen molar-refractivity contribution in [3.8, 4) is 0 Å². The first-order valence-electron chi connectivity index (χ1n) is 3.74. The molecule has 0 saturated carbocycles. The molecule has 0 spiro atoms. The van der Waals surface area contributed by atoms with Crippen molar-refractivity contribution in [1.29, 1.82) is 0 Å². The van der Waals surface area contributed by atoms with Gasteiger partial charge in [-0.1, -0.05) is 6.58 Å². The molecule has 13 heavy (non-hydrogen) atoms. The Hall–Kier alpha value is -1.36. The Morgan fingerprint density at radius 3 is 1.77 bits per heavy atom. The van der Waals surface area contributed by atoms with Gasteiger partial charge in [0, 0.05) is 18.8 Å². The summed E-state index contributed by atoms with van der Waals surface area (Å²) in [6, 6.07) is 0. The molecule has 0 aromatic rings. The SMILES string of the molecule is C1COC1.C=C(CC(=O)O)C(=O)O. The lowest BCUT2D eigenvalue weighted by Gasteiger charge is -2.09. The second kappa shape index (κ2) is 6.19. The van der Waals surface area contributed by atoms with E-state index >= 15 is 0 Å². The zero-order valence-corrected chi connectivity index (χ0v) is 7.15. The van der Waals surface area contributed by atoms with Gasteiger partial charge < -0.3 is 14.9 Å². The molecule has 1 saturated heterocycles. The largest absolute Gasteiger partial charge is 0.481 e. The van der Waals surface area contributed by atoms with Crippen LogP contribution >= 0.6 is 0 Å². The first-order chi connectivity index (χ1) is 6.04. The lowest BCUT2D eigenvalue weighted by Crippen LogP contribution is -2.09. The number of aliphatic carboxylic acids is 2. The van der Waals surface area contributed by atoms with Crippen molar-refractivity contribution in [1.82, 2.24) is 0 Å². The van der Waals surface area contributed by atoms with E-state index in [2.05, 4.69) is 6.58 Å². The van der Waals surface area contributed by atoms with Crippen molar-refractivity contribution in [2.24, 2.45) is 0 Å². The molecule has 1 aliphatic heterocycles. The van der Waals surface area contributed by atoms with Gasteiger partial charge in [-0.15, -0.1) is 0 Å². The Morgan fingerprint density at radius 2 is 1.69 bits per heavy atom. The summed E-state index contributed by atoms with van der Waals surface area (Å²) in [5, 5.41) is 16.1. The minimum absolute atomic E-state index is 0.303. The quantitative estimate of drug-likeness (QED) is 0.630. The molecule has 5 nitrogen and oxygen atoms in total. The van der Waals surface area contributed by atoms with Crippen LogP contribution in [0.3, 0.4) is 0 Å². The van der Waals surface area contributed by atoms with E-state index in [-0.39, 0.29) is 5.57 Å². The first-order valence-corrected chi connectivity index (χ1v) is 3.74. The maximum Gasteiger partial charge on any atom is 0.331 e. The highest BCUT2D eigenvalue weighted by atomic mass is 16.5. The van der Waals surface area contributed by atoms with Crippen LogP contribution in [0.2, 0.25) is 0 Å². The molecule has 0 aliphatic carbocycles. The van der Waals surface area contributed by atoms with Crippen LogP contribution < -0.4 is 0 Å². The van der Waals surface area contributed by atoms with Crippen LogP contribution in [0.1, 0.15) is 12.8 Å². The smallest absolute Gasteiger partial charge is 0.331 e. The fourth-order valence-corrected chi connectivity index (χ4v) is 0.402. The van der Waals surface area contributed by atoms with Gasteiger partial charge in [0.1, 0.15) is 0 Å². The summed E-state index contributed by atoms with van der Waals surface area (Å²) >= 11 is 0. The molecule has 0 radical (unpaired) electrons. The van der Waals surface area contributed by atoms with E-state index in [0.717, 1.165) is 13.2 Å².